The van der Waals surface area contributed by atoms with Crippen LogP contribution in [-0.4, -0.2) is 51.3 Å². The van der Waals surface area contributed by atoms with Gasteiger partial charge >= 0.3 is 0 Å². The summed E-state index contributed by atoms with van der Waals surface area (Å²) in [5.74, 6) is 1.20. The molecule has 28 heavy (non-hydrogen) atoms. The number of carbonyl (C=O) groups excluding carboxylic acids is 1. The van der Waals surface area contributed by atoms with Crippen molar-refractivity contribution < 1.29 is 14.4 Å². The van der Waals surface area contributed by atoms with Gasteiger partial charge in [-0.15, -0.1) is 0 Å². The molecule has 0 spiro atoms. The summed E-state index contributed by atoms with van der Waals surface area (Å²) >= 11 is 0. The predicted octanol–water partition coefficient (Wildman–Crippen LogP) is 1.77. The molecule has 2 heterocycles. The molecule has 4 rings (SSSR count). The highest BCUT2D eigenvalue weighted by Crippen LogP contribution is 2.31. The Kier molecular flexibility index (Phi) is 5.53. The normalized spacial score (nSPS) is 19.6. The van der Waals surface area contributed by atoms with E-state index in [1.165, 1.54) is 10.5 Å². The highest BCUT2D eigenvalue weighted by Gasteiger charge is 2.33. The number of hydrogen-bond donors (Lipinski definition) is 1. The molecule has 148 valence electrons. The van der Waals surface area contributed by atoms with E-state index < -0.39 is 0 Å². The van der Waals surface area contributed by atoms with Gasteiger partial charge < -0.3 is 19.4 Å². The van der Waals surface area contributed by atoms with Crippen LogP contribution in [0.4, 0.5) is 11.4 Å². The van der Waals surface area contributed by atoms with Crippen LogP contribution in [0.1, 0.15) is 19.4 Å². The first-order valence-corrected chi connectivity index (χ1v) is 10.4. The topological polar surface area (TPSA) is 37.2 Å². The molecular weight excluding hydrogens is 350 g/mol. The smallest absolute Gasteiger partial charge is 0.282 e. The summed E-state index contributed by atoms with van der Waals surface area (Å²) < 4.78 is 5.78. The number of ether oxygens (including phenoxy) is 1. The van der Waals surface area contributed by atoms with E-state index in [0.29, 0.717) is 13.2 Å². The van der Waals surface area contributed by atoms with Crippen molar-refractivity contribution in [3.8, 4) is 5.75 Å². The van der Waals surface area contributed by atoms with Crippen molar-refractivity contribution in [2.75, 3.05) is 49.1 Å². The summed E-state index contributed by atoms with van der Waals surface area (Å²) in [5, 5.41) is 0. The summed E-state index contributed by atoms with van der Waals surface area (Å²) in [5.41, 5.74) is 3.55. The molecular formula is C23H30N3O2+. The molecule has 2 aromatic rings. The van der Waals surface area contributed by atoms with Crippen LogP contribution in [-0.2, 0) is 11.2 Å². The Balaban J connectivity index is 1.37. The Labute approximate surface area is 167 Å². The number of nitrogens with one attached hydrogen (secondary N) is 1. The molecule has 0 aromatic heterocycles. The Bertz CT molecular complexity index is 830. The molecule has 0 aliphatic carbocycles. The van der Waals surface area contributed by atoms with E-state index in [1.54, 1.807) is 0 Å². The highest BCUT2D eigenvalue weighted by atomic mass is 16.5. The molecule has 5 heteroatoms. The second-order valence-corrected chi connectivity index (χ2v) is 7.76. The first-order chi connectivity index (χ1) is 13.7. The molecule has 2 aromatic carbocycles. The molecule has 1 fully saturated rings. The van der Waals surface area contributed by atoms with Gasteiger partial charge in [0.05, 0.1) is 38.5 Å². The number of amides is 1. The Hall–Kier alpha value is -2.53. The van der Waals surface area contributed by atoms with Gasteiger partial charge in [-0.3, -0.25) is 4.79 Å². The lowest BCUT2D eigenvalue weighted by atomic mass is 10.1. The zero-order valence-electron chi connectivity index (χ0n) is 16.9. The minimum absolute atomic E-state index is 0.246. The lowest BCUT2D eigenvalue weighted by Gasteiger charge is -2.35. The summed E-state index contributed by atoms with van der Waals surface area (Å²) in [6, 6.07) is 16.8. The summed E-state index contributed by atoms with van der Waals surface area (Å²) in [4.78, 5) is 18.8. The van der Waals surface area contributed by atoms with Gasteiger partial charge in [-0.25, -0.2) is 0 Å². The number of rotatable bonds is 5. The van der Waals surface area contributed by atoms with Crippen LogP contribution in [0.5, 0.6) is 5.75 Å². The van der Waals surface area contributed by atoms with E-state index in [-0.39, 0.29) is 11.9 Å². The molecule has 0 saturated carbocycles. The molecule has 2 aliphatic rings. The van der Waals surface area contributed by atoms with Gasteiger partial charge in [0.15, 0.2) is 6.54 Å². The summed E-state index contributed by atoms with van der Waals surface area (Å²) in [6.07, 6.45) is 0.958. The number of benzene rings is 2. The van der Waals surface area contributed by atoms with E-state index in [2.05, 4.69) is 42.2 Å². The molecule has 1 atom stereocenters. The van der Waals surface area contributed by atoms with Crippen molar-refractivity contribution in [2.45, 2.75) is 26.3 Å². The van der Waals surface area contributed by atoms with Crippen LogP contribution in [0.25, 0.3) is 0 Å². The number of carbonyl (C=O) groups is 1. The van der Waals surface area contributed by atoms with E-state index in [0.717, 1.165) is 49.7 Å². The van der Waals surface area contributed by atoms with Gasteiger partial charge in [-0.1, -0.05) is 30.3 Å². The van der Waals surface area contributed by atoms with Gasteiger partial charge in [0.25, 0.3) is 5.91 Å². The highest BCUT2D eigenvalue weighted by molar-refractivity contribution is 5.96. The minimum atomic E-state index is 0.246. The zero-order valence-corrected chi connectivity index (χ0v) is 16.9. The van der Waals surface area contributed by atoms with Gasteiger partial charge in [-0.2, -0.15) is 0 Å². The first-order valence-electron chi connectivity index (χ1n) is 10.4. The van der Waals surface area contributed by atoms with Crippen LogP contribution in [0.15, 0.2) is 48.5 Å². The average molecular weight is 381 g/mol. The van der Waals surface area contributed by atoms with Crippen LogP contribution in [0.2, 0.25) is 0 Å². The number of anilines is 2. The lowest BCUT2D eigenvalue weighted by Crippen LogP contribution is -3.16. The first kappa shape index (κ1) is 18.8. The molecule has 0 unspecified atom stereocenters. The number of nitrogens with zero attached hydrogens (tertiary/aromatic N) is 2. The summed E-state index contributed by atoms with van der Waals surface area (Å²) in [6.45, 7) is 9.23. The number of piperazine rings is 1. The molecule has 0 radical (unpaired) electrons. The molecule has 1 saturated heterocycles. The Morgan fingerprint density at radius 2 is 1.75 bits per heavy atom. The van der Waals surface area contributed by atoms with Crippen molar-refractivity contribution in [1.82, 2.24) is 0 Å². The number of fused-ring (bicyclic) bond motifs is 1. The molecule has 1 N–H and O–H groups in total. The van der Waals surface area contributed by atoms with Gasteiger partial charge in [0.2, 0.25) is 0 Å². The van der Waals surface area contributed by atoms with E-state index in [1.807, 2.05) is 30.0 Å². The SMILES string of the molecule is CCOc1ccccc1N1CC[NH+](CC(=O)N2c3ccccc3C[C@@H]2C)CC1. The quantitative estimate of drug-likeness (QED) is 0.859. The van der Waals surface area contributed by atoms with Gasteiger partial charge in [0.1, 0.15) is 5.75 Å². The Morgan fingerprint density at radius 3 is 2.50 bits per heavy atom. The third kappa shape index (κ3) is 3.72. The number of quaternary nitrogens is 1. The standard InChI is InChI=1S/C23H29N3O2/c1-3-28-22-11-7-6-10-21(22)25-14-12-24(13-15-25)17-23(27)26-18(2)16-19-8-4-5-9-20(19)26/h4-11,18H,3,12-17H2,1-2H3/p+1/t18-/m0/s1. The maximum Gasteiger partial charge on any atom is 0.282 e. The van der Waals surface area contributed by atoms with Gasteiger partial charge in [0, 0.05) is 11.7 Å². The molecule has 2 aliphatic heterocycles. The van der Waals surface area contributed by atoms with E-state index >= 15 is 0 Å². The predicted molar refractivity (Wildman–Crippen MR) is 112 cm³/mol. The molecule has 5 nitrogen and oxygen atoms in total. The summed E-state index contributed by atoms with van der Waals surface area (Å²) in [7, 11) is 0. The molecule has 0 bridgehead atoms. The fourth-order valence-corrected chi connectivity index (χ4v) is 4.48. The van der Waals surface area contributed by atoms with E-state index in [9.17, 15) is 4.79 Å². The fourth-order valence-electron chi connectivity index (χ4n) is 4.48. The third-order valence-corrected chi connectivity index (χ3v) is 5.85. The average Bonchev–Trinajstić information content (AvgIpc) is 3.05. The Morgan fingerprint density at radius 1 is 1.07 bits per heavy atom. The monoisotopic (exact) mass is 380 g/mol. The zero-order chi connectivity index (χ0) is 19.5. The van der Waals surface area contributed by atoms with Crippen molar-refractivity contribution in [3.63, 3.8) is 0 Å². The van der Waals surface area contributed by atoms with Crippen molar-refractivity contribution in [1.29, 1.82) is 0 Å². The van der Waals surface area contributed by atoms with E-state index in [4.69, 9.17) is 4.74 Å². The second-order valence-electron chi connectivity index (χ2n) is 7.76. The minimum Gasteiger partial charge on any atom is -0.492 e. The van der Waals surface area contributed by atoms with Crippen LogP contribution in [0.3, 0.4) is 0 Å². The number of hydrogen-bond acceptors (Lipinski definition) is 3. The van der Waals surface area contributed by atoms with Crippen molar-refractivity contribution in [3.05, 3.63) is 54.1 Å². The second kappa shape index (κ2) is 8.23. The van der Waals surface area contributed by atoms with Crippen molar-refractivity contribution >= 4 is 17.3 Å². The lowest BCUT2D eigenvalue weighted by molar-refractivity contribution is -0.892. The largest absolute Gasteiger partial charge is 0.492 e. The number of para-hydroxylation sites is 3. The van der Waals surface area contributed by atoms with Crippen LogP contribution >= 0.6 is 0 Å². The third-order valence-electron chi connectivity index (χ3n) is 5.85. The maximum absolute atomic E-state index is 13.0. The van der Waals surface area contributed by atoms with Crippen LogP contribution < -0.4 is 19.4 Å². The van der Waals surface area contributed by atoms with Crippen LogP contribution in [0, 0.1) is 0 Å². The fraction of sp³-hybridized carbons (Fsp3) is 0.435. The van der Waals surface area contributed by atoms with Crippen molar-refractivity contribution in [2.24, 2.45) is 0 Å². The maximum atomic E-state index is 13.0. The van der Waals surface area contributed by atoms with Gasteiger partial charge in [-0.05, 0) is 44.0 Å². The molecule has 1 amide bonds.